The van der Waals surface area contributed by atoms with Crippen LogP contribution in [-0.4, -0.2) is 17.3 Å². The highest BCUT2D eigenvalue weighted by Crippen LogP contribution is 2.27. The van der Waals surface area contributed by atoms with E-state index < -0.39 is 12.0 Å². The first kappa shape index (κ1) is 16.0. The Hall–Kier alpha value is -1.36. The van der Waals surface area contributed by atoms with Crippen LogP contribution in [0.15, 0.2) is 47.4 Å². The molecule has 1 atom stereocenters. The maximum atomic E-state index is 11.5. The Bertz CT molecular complexity index is 626. The van der Waals surface area contributed by atoms with Crippen molar-refractivity contribution in [3.8, 4) is 0 Å². The van der Waals surface area contributed by atoms with Crippen molar-refractivity contribution in [2.75, 3.05) is 11.6 Å². The number of carboxylic acids is 1. The molecule has 0 aliphatic heterocycles. The Labute approximate surface area is 137 Å². The number of benzene rings is 2. The monoisotopic (exact) mass is 341 g/mol. The molecule has 1 unspecified atom stereocenters. The van der Waals surface area contributed by atoms with E-state index in [1.54, 1.807) is 42.1 Å². The summed E-state index contributed by atoms with van der Waals surface area (Å²) in [6.07, 6.45) is 1.97. The van der Waals surface area contributed by atoms with Crippen LogP contribution in [0.4, 0.5) is 5.69 Å². The maximum absolute atomic E-state index is 11.5. The number of anilines is 1. The van der Waals surface area contributed by atoms with E-state index in [0.29, 0.717) is 21.3 Å². The molecule has 0 spiro atoms. The molecular formula is C15H13Cl2NO2S. The number of hydrogen-bond donors (Lipinski definition) is 2. The fourth-order valence-electron chi connectivity index (χ4n) is 1.89. The van der Waals surface area contributed by atoms with E-state index in [0.717, 1.165) is 4.90 Å². The predicted octanol–water partition coefficient (Wildman–Crippen LogP) is 4.95. The molecule has 2 aromatic rings. The van der Waals surface area contributed by atoms with Gasteiger partial charge in [-0.1, -0.05) is 35.3 Å². The molecule has 2 N–H and O–H groups in total. The fraction of sp³-hybridized carbons (Fsp3) is 0.133. The van der Waals surface area contributed by atoms with Crippen LogP contribution in [0.25, 0.3) is 0 Å². The summed E-state index contributed by atoms with van der Waals surface area (Å²) in [6, 6.07) is 11.4. The third-order valence-corrected chi connectivity index (χ3v) is 4.05. The summed E-state index contributed by atoms with van der Waals surface area (Å²) in [5.41, 5.74) is 1.23. The number of halogens is 2. The molecule has 0 saturated carbocycles. The molecular weight excluding hydrogens is 329 g/mol. The Morgan fingerprint density at radius 3 is 2.19 bits per heavy atom. The van der Waals surface area contributed by atoms with Crippen LogP contribution in [-0.2, 0) is 4.79 Å². The zero-order chi connectivity index (χ0) is 15.4. The van der Waals surface area contributed by atoms with Crippen molar-refractivity contribution in [3.63, 3.8) is 0 Å². The van der Waals surface area contributed by atoms with Gasteiger partial charge in [-0.25, -0.2) is 4.79 Å². The molecule has 0 aromatic heterocycles. The second-order valence-corrected chi connectivity index (χ2v) is 6.10. The van der Waals surface area contributed by atoms with E-state index in [4.69, 9.17) is 23.2 Å². The van der Waals surface area contributed by atoms with Crippen LogP contribution in [0, 0.1) is 0 Å². The fourth-order valence-corrected chi connectivity index (χ4v) is 2.82. The second kappa shape index (κ2) is 7.07. The maximum Gasteiger partial charge on any atom is 0.330 e. The van der Waals surface area contributed by atoms with E-state index in [9.17, 15) is 9.90 Å². The van der Waals surface area contributed by atoms with Gasteiger partial charge in [0, 0.05) is 20.6 Å². The van der Waals surface area contributed by atoms with Crippen LogP contribution in [0.3, 0.4) is 0 Å². The SMILES string of the molecule is CSc1ccc(C(Nc2cc(Cl)cc(Cl)c2)C(=O)O)cc1. The van der Waals surface area contributed by atoms with Gasteiger partial charge in [0.15, 0.2) is 6.04 Å². The molecule has 110 valence electrons. The minimum Gasteiger partial charge on any atom is -0.479 e. The minimum atomic E-state index is -0.969. The molecule has 3 nitrogen and oxygen atoms in total. The third-order valence-electron chi connectivity index (χ3n) is 2.87. The molecule has 0 aliphatic rings. The molecule has 0 aliphatic carbocycles. The zero-order valence-electron chi connectivity index (χ0n) is 11.1. The summed E-state index contributed by atoms with van der Waals surface area (Å²) >= 11 is 13.5. The topological polar surface area (TPSA) is 49.3 Å². The van der Waals surface area contributed by atoms with Crippen molar-refractivity contribution < 1.29 is 9.90 Å². The van der Waals surface area contributed by atoms with E-state index in [-0.39, 0.29) is 0 Å². The highest BCUT2D eigenvalue weighted by Gasteiger charge is 2.19. The van der Waals surface area contributed by atoms with Gasteiger partial charge < -0.3 is 10.4 Å². The van der Waals surface area contributed by atoms with Crippen LogP contribution >= 0.6 is 35.0 Å². The standard InChI is InChI=1S/C15H13Cl2NO2S/c1-21-13-4-2-9(3-5-13)14(15(19)20)18-12-7-10(16)6-11(17)8-12/h2-8,14,18H,1H3,(H,19,20). The van der Waals surface area contributed by atoms with Crippen LogP contribution < -0.4 is 5.32 Å². The van der Waals surface area contributed by atoms with Gasteiger partial charge in [-0.2, -0.15) is 0 Å². The predicted molar refractivity (Wildman–Crippen MR) is 88.7 cm³/mol. The Balaban J connectivity index is 2.28. The van der Waals surface area contributed by atoms with Crippen molar-refractivity contribution in [1.82, 2.24) is 0 Å². The molecule has 0 fully saturated rings. The number of hydrogen-bond acceptors (Lipinski definition) is 3. The molecule has 0 radical (unpaired) electrons. The van der Waals surface area contributed by atoms with Gasteiger partial charge in [-0.3, -0.25) is 0 Å². The van der Waals surface area contributed by atoms with Crippen molar-refractivity contribution in [2.45, 2.75) is 10.9 Å². The summed E-state index contributed by atoms with van der Waals surface area (Å²) < 4.78 is 0. The van der Waals surface area contributed by atoms with Gasteiger partial charge in [-0.05, 0) is 42.2 Å². The third kappa shape index (κ3) is 4.30. The van der Waals surface area contributed by atoms with E-state index >= 15 is 0 Å². The molecule has 2 rings (SSSR count). The number of rotatable bonds is 5. The van der Waals surface area contributed by atoms with E-state index in [1.807, 2.05) is 18.4 Å². The average molecular weight is 342 g/mol. The molecule has 0 bridgehead atoms. The van der Waals surface area contributed by atoms with Gasteiger partial charge in [0.2, 0.25) is 0 Å². The molecule has 6 heteroatoms. The Morgan fingerprint density at radius 2 is 1.71 bits per heavy atom. The lowest BCUT2D eigenvalue weighted by Crippen LogP contribution is -2.20. The van der Waals surface area contributed by atoms with Crippen molar-refractivity contribution >= 4 is 46.6 Å². The molecule has 0 heterocycles. The molecule has 0 amide bonds. The van der Waals surface area contributed by atoms with Gasteiger partial charge >= 0.3 is 5.97 Å². The highest BCUT2D eigenvalue weighted by atomic mass is 35.5. The molecule has 2 aromatic carbocycles. The van der Waals surface area contributed by atoms with Crippen LogP contribution in [0.1, 0.15) is 11.6 Å². The lowest BCUT2D eigenvalue weighted by molar-refractivity contribution is -0.138. The Kier molecular flexibility index (Phi) is 5.39. The van der Waals surface area contributed by atoms with Gasteiger partial charge in [0.25, 0.3) is 0 Å². The first-order chi connectivity index (χ1) is 9.99. The summed E-state index contributed by atoms with van der Waals surface area (Å²) in [5.74, 6) is -0.969. The van der Waals surface area contributed by atoms with E-state index in [1.165, 1.54) is 0 Å². The lowest BCUT2D eigenvalue weighted by atomic mass is 10.1. The first-order valence-electron chi connectivity index (χ1n) is 6.09. The quantitative estimate of drug-likeness (QED) is 0.755. The highest BCUT2D eigenvalue weighted by molar-refractivity contribution is 7.98. The van der Waals surface area contributed by atoms with Crippen molar-refractivity contribution in [3.05, 3.63) is 58.1 Å². The van der Waals surface area contributed by atoms with Gasteiger partial charge in [-0.15, -0.1) is 11.8 Å². The number of carbonyl (C=O) groups is 1. The smallest absolute Gasteiger partial charge is 0.330 e. The second-order valence-electron chi connectivity index (χ2n) is 4.35. The Morgan fingerprint density at radius 1 is 1.14 bits per heavy atom. The van der Waals surface area contributed by atoms with Crippen molar-refractivity contribution in [1.29, 1.82) is 0 Å². The van der Waals surface area contributed by atoms with Gasteiger partial charge in [0.05, 0.1) is 0 Å². The van der Waals surface area contributed by atoms with Crippen LogP contribution in [0.2, 0.25) is 10.0 Å². The summed E-state index contributed by atoms with van der Waals surface area (Å²) in [7, 11) is 0. The number of nitrogens with one attached hydrogen (secondary N) is 1. The van der Waals surface area contributed by atoms with Crippen LogP contribution in [0.5, 0.6) is 0 Å². The van der Waals surface area contributed by atoms with E-state index in [2.05, 4.69) is 5.32 Å². The number of carboxylic acid groups (broad SMARTS) is 1. The summed E-state index contributed by atoms with van der Waals surface area (Å²) in [6.45, 7) is 0. The molecule has 0 saturated heterocycles. The largest absolute Gasteiger partial charge is 0.479 e. The zero-order valence-corrected chi connectivity index (χ0v) is 13.5. The lowest BCUT2D eigenvalue weighted by Gasteiger charge is -2.17. The average Bonchev–Trinajstić information content (AvgIpc) is 2.43. The number of aliphatic carboxylic acids is 1. The summed E-state index contributed by atoms with van der Waals surface area (Å²) in [4.78, 5) is 12.6. The number of thioether (sulfide) groups is 1. The van der Waals surface area contributed by atoms with Crippen molar-refractivity contribution in [2.24, 2.45) is 0 Å². The minimum absolute atomic E-state index is 0.451. The first-order valence-corrected chi connectivity index (χ1v) is 8.07. The van der Waals surface area contributed by atoms with Gasteiger partial charge in [0.1, 0.15) is 0 Å². The summed E-state index contributed by atoms with van der Waals surface area (Å²) in [5, 5.41) is 13.3. The normalized spacial score (nSPS) is 12.0. The molecule has 21 heavy (non-hydrogen) atoms.